The highest BCUT2D eigenvalue weighted by Crippen LogP contribution is 2.41. The van der Waals surface area contributed by atoms with Crippen molar-refractivity contribution in [2.45, 2.75) is 30.0 Å². The Morgan fingerprint density at radius 2 is 1.85 bits per heavy atom. The van der Waals surface area contributed by atoms with Gasteiger partial charge < -0.3 is 20.1 Å². The molecule has 1 aliphatic heterocycles. The lowest BCUT2D eigenvalue weighted by Crippen LogP contribution is -2.38. The van der Waals surface area contributed by atoms with E-state index in [4.69, 9.17) is 9.84 Å². The number of phenolic OH excluding ortho intramolecular Hbond substituents is 2. The summed E-state index contributed by atoms with van der Waals surface area (Å²) in [6, 6.07) is -0.322. The van der Waals surface area contributed by atoms with E-state index in [1.54, 1.807) is 0 Å². The Labute approximate surface area is 146 Å². The van der Waals surface area contributed by atoms with E-state index in [1.165, 1.54) is 0 Å². The lowest BCUT2D eigenvalue weighted by atomic mass is 10.2. The number of hydrogen-bond acceptors (Lipinski definition) is 6. The van der Waals surface area contributed by atoms with Crippen molar-refractivity contribution in [3.63, 3.8) is 0 Å². The Morgan fingerprint density at radius 1 is 1.27 bits per heavy atom. The number of aliphatic carboxylic acids is 1. The number of ether oxygens (including phenoxy) is 1. The van der Waals surface area contributed by atoms with Gasteiger partial charge >= 0.3 is 12.1 Å². The van der Waals surface area contributed by atoms with Crippen LogP contribution in [0, 0.1) is 0 Å². The lowest BCUT2D eigenvalue weighted by Gasteiger charge is -2.24. The van der Waals surface area contributed by atoms with Crippen LogP contribution in [-0.4, -0.2) is 59.8 Å². The number of sulfonamides is 1. The van der Waals surface area contributed by atoms with E-state index in [2.05, 4.69) is 0 Å². The molecule has 1 aromatic carbocycles. The average Bonchev–Trinajstić information content (AvgIpc) is 2.94. The summed E-state index contributed by atoms with van der Waals surface area (Å²) in [6.45, 7) is -0.891. The highest BCUT2D eigenvalue weighted by atomic mass is 32.2. The van der Waals surface area contributed by atoms with Crippen LogP contribution in [-0.2, 0) is 25.7 Å². The molecule has 0 aromatic heterocycles. The van der Waals surface area contributed by atoms with Crippen LogP contribution in [0.25, 0.3) is 0 Å². The minimum atomic E-state index is -4.88. The van der Waals surface area contributed by atoms with Crippen molar-refractivity contribution in [3.8, 4) is 11.5 Å². The number of alkyl halides is 3. The molecule has 1 saturated heterocycles. The molecule has 1 heterocycles. The molecule has 0 radical (unpaired) electrons. The predicted octanol–water partition coefficient (Wildman–Crippen LogP) is 1.37. The number of carboxylic acid groups (broad SMARTS) is 1. The lowest BCUT2D eigenvalue weighted by molar-refractivity contribution is -0.142. The van der Waals surface area contributed by atoms with Gasteiger partial charge in [-0.15, -0.1) is 0 Å². The van der Waals surface area contributed by atoms with Crippen molar-refractivity contribution in [2.24, 2.45) is 0 Å². The number of halogens is 3. The molecule has 2 rings (SSSR count). The number of phenols is 2. The number of carbonyl (C=O) groups is 1. The van der Waals surface area contributed by atoms with Crippen LogP contribution >= 0.6 is 0 Å². The van der Waals surface area contributed by atoms with E-state index < -0.39 is 56.8 Å². The van der Waals surface area contributed by atoms with Gasteiger partial charge in [-0.2, -0.15) is 17.5 Å². The molecular weight excluding hydrogens is 383 g/mol. The molecule has 12 heteroatoms. The Bertz CT molecular complexity index is 771. The highest BCUT2D eigenvalue weighted by molar-refractivity contribution is 7.89. The molecule has 0 amide bonds. The van der Waals surface area contributed by atoms with Crippen molar-refractivity contribution < 1.29 is 46.4 Å². The monoisotopic (exact) mass is 399 g/mol. The molecule has 1 aromatic rings. The van der Waals surface area contributed by atoms with Crippen LogP contribution in [0.4, 0.5) is 13.2 Å². The fraction of sp³-hybridized carbons (Fsp3) is 0.500. The smallest absolute Gasteiger partial charge is 0.416 e. The molecule has 0 saturated carbocycles. The van der Waals surface area contributed by atoms with Crippen LogP contribution in [0.5, 0.6) is 11.5 Å². The Hall–Kier alpha value is -2.05. The van der Waals surface area contributed by atoms with Gasteiger partial charge in [0.05, 0.1) is 12.2 Å². The number of aromatic hydroxyl groups is 2. The topological polar surface area (TPSA) is 124 Å². The third-order valence-corrected chi connectivity index (χ3v) is 5.83. The van der Waals surface area contributed by atoms with Gasteiger partial charge in [-0.05, 0) is 25.0 Å². The van der Waals surface area contributed by atoms with Crippen molar-refractivity contribution in [2.75, 3.05) is 19.8 Å². The standard InChI is InChI=1S/C14H16F3NO7S/c15-14(16,17)8-4-10(19)13(11(20)5-8)26(23,24)18-3-1-2-9(18)6-25-7-12(21)22/h4-5,9,19-20H,1-3,6-7H2,(H,21,22). The third-order valence-electron chi connectivity index (χ3n) is 3.80. The first-order valence-corrected chi connectivity index (χ1v) is 8.83. The Morgan fingerprint density at radius 3 is 2.35 bits per heavy atom. The number of benzene rings is 1. The van der Waals surface area contributed by atoms with Crippen LogP contribution in [0.1, 0.15) is 18.4 Å². The molecule has 0 bridgehead atoms. The van der Waals surface area contributed by atoms with Gasteiger partial charge in [-0.3, -0.25) is 0 Å². The molecule has 8 nitrogen and oxygen atoms in total. The summed E-state index contributed by atoms with van der Waals surface area (Å²) in [4.78, 5) is 9.43. The fourth-order valence-electron chi connectivity index (χ4n) is 2.72. The molecule has 1 aliphatic rings. The van der Waals surface area contributed by atoms with Crippen LogP contribution in [0.15, 0.2) is 17.0 Å². The first kappa shape index (κ1) is 20.3. The molecule has 0 spiro atoms. The fourth-order valence-corrected chi connectivity index (χ4v) is 4.53. The quantitative estimate of drug-likeness (QED) is 0.660. The summed E-state index contributed by atoms with van der Waals surface area (Å²) in [5.74, 6) is -3.70. The van der Waals surface area contributed by atoms with E-state index in [9.17, 15) is 36.6 Å². The molecular formula is C14H16F3NO7S. The SMILES string of the molecule is O=C(O)COCC1CCCN1S(=O)(=O)c1c(O)cc(C(F)(F)F)cc1O. The van der Waals surface area contributed by atoms with E-state index in [0.717, 1.165) is 4.31 Å². The summed E-state index contributed by atoms with van der Waals surface area (Å²) < 4.78 is 69.2. The summed E-state index contributed by atoms with van der Waals surface area (Å²) in [5, 5.41) is 28.1. The van der Waals surface area contributed by atoms with Crippen molar-refractivity contribution >= 4 is 16.0 Å². The summed E-state index contributed by atoms with van der Waals surface area (Å²) >= 11 is 0. The zero-order valence-corrected chi connectivity index (χ0v) is 14.0. The van der Waals surface area contributed by atoms with Gasteiger partial charge in [-0.1, -0.05) is 0 Å². The minimum Gasteiger partial charge on any atom is -0.506 e. The molecule has 1 fully saturated rings. The van der Waals surface area contributed by atoms with Crippen molar-refractivity contribution in [1.29, 1.82) is 0 Å². The van der Waals surface area contributed by atoms with E-state index >= 15 is 0 Å². The van der Waals surface area contributed by atoms with Gasteiger partial charge in [0.2, 0.25) is 0 Å². The zero-order valence-electron chi connectivity index (χ0n) is 13.2. The van der Waals surface area contributed by atoms with E-state index in [1.807, 2.05) is 0 Å². The van der Waals surface area contributed by atoms with Crippen molar-refractivity contribution in [3.05, 3.63) is 17.7 Å². The highest BCUT2D eigenvalue weighted by Gasteiger charge is 2.40. The van der Waals surface area contributed by atoms with Crippen LogP contribution in [0.3, 0.4) is 0 Å². The van der Waals surface area contributed by atoms with E-state index in [0.29, 0.717) is 12.8 Å². The molecule has 146 valence electrons. The minimum absolute atomic E-state index is 0.0106. The molecule has 1 unspecified atom stereocenters. The summed E-state index contributed by atoms with van der Waals surface area (Å²) in [5.41, 5.74) is -1.39. The maximum absolute atomic E-state index is 12.7. The number of nitrogens with zero attached hydrogens (tertiary/aromatic N) is 1. The Balaban J connectivity index is 2.33. The van der Waals surface area contributed by atoms with Gasteiger partial charge in [0.15, 0.2) is 4.90 Å². The zero-order chi connectivity index (χ0) is 19.7. The predicted molar refractivity (Wildman–Crippen MR) is 80.1 cm³/mol. The maximum atomic E-state index is 12.7. The number of rotatable bonds is 6. The molecule has 26 heavy (non-hydrogen) atoms. The normalized spacial score (nSPS) is 19.0. The average molecular weight is 399 g/mol. The van der Waals surface area contributed by atoms with Gasteiger partial charge in [0, 0.05) is 12.6 Å². The van der Waals surface area contributed by atoms with Crippen LogP contribution in [0.2, 0.25) is 0 Å². The second-order valence-electron chi connectivity index (χ2n) is 5.66. The first-order valence-electron chi connectivity index (χ1n) is 7.39. The van der Waals surface area contributed by atoms with Gasteiger partial charge in [0.1, 0.15) is 18.1 Å². The number of carboxylic acids is 1. The maximum Gasteiger partial charge on any atom is 0.416 e. The van der Waals surface area contributed by atoms with Gasteiger partial charge in [0.25, 0.3) is 10.0 Å². The summed E-state index contributed by atoms with van der Waals surface area (Å²) in [7, 11) is -4.52. The van der Waals surface area contributed by atoms with Gasteiger partial charge in [-0.25, -0.2) is 13.2 Å². The van der Waals surface area contributed by atoms with Crippen molar-refractivity contribution in [1.82, 2.24) is 4.31 Å². The Kier molecular flexibility index (Phi) is 5.68. The third kappa shape index (κ3) is 4.19. The molecule has 1 atom stereocenters. The second-order valence-corrected chi connectivity index (χ2v) is 7.49. The summed E-state index contributed by atoms with van der Waals surface area (Å²) in [6.07, 6.45) is -4.14. The van der Waals surface area contributed by atoms with E-state index in [-0.39, 0.29) is 25.3 Å². The number of hydrogen-bond donors (Lipinski definition) is 3. The molecule has 0 aliphatic carbocycles. The van der Waals surface area contributed by atoms with Crippen LogP contribution < -0.4 is 0 Å². The second kappa shape index (κ2) is 7.29. The largest absolute Gasteiger partial charge is 0.506 e. The first-order chi connectivity index (χ1) is 11.9. The molecule has 3 N–H and O–H groups in total.